The van der Waals surface area contributed by atoms with E-state index >= 15 is 0 Å². The Morgan fingerprint density at radius 1 is 1.24 bits per heavy atom. The number of fused-ring (bicyclic) bond motifs is 1. The van der Waals surface area contributed by atoms with Gasteiger partial charge in [0.25, 0.3) is 0 Å². The van der Waals surface area contributed by atoms with Gasteiger partial charge in [-0.05, 0) is 37.5 Å². The van der Waals surface area contributed by atoms with E-state index in [1.54, 1.807) is 6.92 Å². The molecule has 1 heterocycles. The van der Waals surface area contributed by atoms with Crippen molar-refractivity contribution < 1.29 is 4.39 Å². The van der Waals surface area contributed by atoms with E-state index in [0.29, 0.717) is 17.0 Å². The molecule has 1 atom stereocenters. The molecule has 1 unspecified atom stereocenters. The van der Waals surface area contributed by atoms with Crippen LogP contribution in [-0.2, 0) is 6.42 Å². The minimum Gasteiger partial charge on any atom is -0.369 e. The number of imidazole rings is 1. The number of aromatic nitrogens is 2. The van der Waals surface area contributed by atoms with Gasteiger partial charge >= 0.3 is 0 Å². The third-order valence-corrected chi connectivity index (χ3v) is 3.81. The van der Waals surface area contributed by atoms with Crippen LogP contribution in [0.1, 0.15) is 24.1 Å². The zero-order chi connectivity index (χ0) is 15.0. The molecule has 0 fully saturated rings. The van der Waals surface area contributed by atoms with Gasteiger partial charge in [0.1, 0.15) is 5.82 Å². The molecule has 0 saturated carbocycles. The van der Waals surface area contributed by atoms with E-state index < -0.39 is 0 Å². The van der Waals surface area contributed by atoms with E-state index in [4.69, 9.17) is 5.73 Å². The van der Waals surface area contributed by atoms with Crippen molar-refractivity contribution in [3.05, 3.63) is 59.4 Å². The van der Waals surface area contributed by atoms with Crippen LogP contribution >= 0.6 is 0 Å². The Kier molecular flexibility index (Phi) is 3.37. The van der Waals surface area contributed by atoms with Gasteiger partial charge < -0.3 is 10.3 Å². The average Bonchev–Trinajstić information content (AvgIpc) is 2.75. The number of halogens is 1. The van der Waals surface area contributed by atoms with Crippen molar-refractivity contribution in [3.63, 3.8) is 0 Å². The smallest absolute Gasteiger partial charge is 0.201 e. The van der Waals surface area contributed by atoms with Crippen LogP contribution in [0.5, 0.6) is 0 Å². The van der Waals surface area contributed by atoms with Crippen LogP contribution < -0.4 is 5.73 Å². The number of nitrogens with two attached hydrogens (primary N) is 1. The van der Waals surface area contributed by atoms with Crippen LogP contribution in [0.15, 0.2) is 42.5 Å². The van der Waals surface area contributed by atoms with Crippen molar-refractivity contribution in [3.8, 4) is 0 Å². The Labute approximate surface area is 123 Å². The second-order valence-corrected chi connectivity index (χ2v) is 5.47. The van der Waals surface area contributed by atoms with E-state index in [9.17, 15) is 4.39 Å². The number of hydrogen-bond donors (Lipinski definition) is 1. The van der Waals surface area contributed by atoms with Crippen molar-refractivity contribution in [2.45, 2.75) is 26.3 Å². The van der Waals surface area contributed by atoms with Gasteiger partial charge in [-0.3, -0.25) is 0 Å². The summed E-state index contributed by atoms with van der Waals surface area (Å²) in [7, 11) is 0. The number of hydrogen-bond acceptors (Lipinski definition) is 2. The maximum absolute atomic E-state index is 13.6. The Balaban J connectivity index is 2.03. The number of nitrogens with zero attached hydrogens (tertiary/aromatic N) is 2. The second kappa shape index (κ2) is 5.20. The molecule has 0 saturated heterocycles. The molecule has 0 bridgehead atoms. The summed E-state index contributed by atoms with van der Waals surface area (Å²) in [6.45, 7) is 3.85. The Hall–Kier alpha value is -2.36. The summed E-state index contributed by atoms with van der Waals surface area (Å²) in [6.07, 6.45) is 0.854. The minimum atomic E-state index is -0.247. The number of anilines is 1. The highest BCUT2D eigenvalue weighted by Crippen LogP contribution is 2.27. The fraction of sp³-hybridized carbons (Fsp3) is 0.235. The lowest BCUT2D eigenvalue weighted by Crippen LogP contribution is -2.11. The lowest BCUT2D eigenvalue weighted by Gasteiger charge is -2.16. The fourth-order valence-electron chi connectivity index (χ4n) is 2.75. The van der Waals surface area contributed by atoms with E-state index in [-0.39, 0.29) is 11.9 Å². The maximum atomic E-state index is 13.6. The predicted molar refractivity (Wildman–Crippen MR) is 83.7 cm³/mol. The molecule has 0 aliphatic carbocycles. The molecule has 21 heavy (non-hydrogen) atoms. The minimum absolute atomic E-state index is 0.155. The first-order chi connectivity index (χ1) is 10.1. The lowest BCUT2D eigenvalue weighted by molar-refractivity contribution is 0.566. The van der Waals surface area contributed by atoms with Gasteiger partial charge in [0.2, 0.25) is 5.95 Å². The quantitative estimate of drug-likeness (QED) is 0.793. The highest BCUT2D eigenvalue weighted by molar-refractivity contribution is 5.79. The molecule has 0 aliphatic rings. The van der Waals surface area contributed by atoms with E-state index in [1.807, 2.05) is 28.8 Å². The molecule has 0 radical (unpaired) electrons. The molecular formula is C17H18FN3. The standard InChI is InChI=1S/C17H18FN3/c1-11-8-16-15(10-14(11)18)20-17(19)21(16)12(2)9-13-6-4-3-5-7-13/h3-8,10,12H,9H2,1-2H3,(H2,19,20). The molecule has 4 heteroatoms. The largest absolute Gasteiger partial charge is 0.369 e. The number of nitrogen functional groups attached to an aromatic ring is 1. The Morgan fingerprint density at radius 2 is 1.95 bits per heavy atom. The molecule has 3 nitrogen and oxygen atoms in total. The van der Waals surface area contributed by atoms with Crippen molar-refractivity contribution in [1.29, 1.82) is 0 Å². The number of aryl methyl sites for hydroxylation is 1. The highest BCUT2D eigenvalue weighted by Gasteiger charge is 2.16. The third kappa shape index (κ3) is 2.49. The molecule has 0 spiro atoms. The van der Waals surface area contributed by atoms with Gasteiger partial charge in [0.05, 0.1) is 11.0 Å². The normalized spacial score (nSPS) is 12.7. The average molecular weight is 283 g/mol. The van der Waals surface area contributed by atoms with E-state index in [1.165, 1.54) is 11.6 Å². The Bertz CT molecular complexity index is 778. The predicted octanol–water partition coefficient (Wildman–Crippen LogP) is 3.87. The maximum Gasteiger partial charge on any atom is 0.201 e. The van der Waals surface area contributed by atoms with Crippen LogP contribution in [0.2, 0.25) is 0 Å². The van der Waals surface area contributed by atoms with Crippen molar-refractivity contribution in [2.75, 3.05) is 5.73 Å². The number of rotatable bonds is 3. The van der Waals surface area contributed by atoms with Gasteiger partial charge in [0, 0.05) is 12.1 Å². The van der Waals surface area contributed by atoms with Crippen LogP contribution in [-0.4, -0.2) is 9.55 Å². The van der Waals surface area contributed by atoms with Crippen LogP contribution in [0.3, 0.4) is 0 Å². The summed E-state index contributed by atoms with van der Waals surface area (Å²) in [5.74, 6) is 0.182. The van der Waals surface area contributed by atoms with E-state index in [2.05, 4.69) is 24.0 Å². The molecule has 2 N–H and O–H groups in total. The number of benzene rings is 2. The molecule has 0 amide bonds. The topological polar surface area (TPSA) is 43.8 Å². The summed E-state index contributed by atoms with van der Waals surface area (Å²) < 4.78 is 15.6. The summed E-state index contributed by atoms with van der Waals surface area (Å²) in [4.78, 5) is 4.28. The summed E-state index contributed by atoms with van der Waals surface area (Å²) in [6, 6.07) is 13.7. The van der Waals surface area contributed by atoms with Crippen LogP contribution in [0.25, 0.3) is 11.0 Å². The zero-order valence-electron chi connectivity index (χ0n) is 12.2. The molecule has 2 aromatic carbocycles. The van der Waals surface area contributed by atoms with Gasteiger partial charge in [-0.15, -0.1) is 0 Å². The lowest BCUT2D eigenvalue weighted by atomic mass is 10.1. The molecule has 3 rings (SSSR count). The Morgan fingerprint density at radius 3 is 2.67 bits per heavy atom. The van der Waals surface area contributed by atoms with E-state index in [0.717, 1.165) is 11.9 Å². The molecule has 3 aromatic rings. The summed E-state index contributed by atoms with van der Waals surface area (Å²) >= 11 is 0. The van der Waals surface area contributed by atoms with Crippen LogP contribution in [0.4, 0.5) is 10.3 Å². The van der Waals surface area contributed by atoms with Gasteiger partial charge in [0.15, 0.2) is 0 Å². The fourth-order valence-corrected chi connectivity index (χ4v) is 2.75. The van der Waals surface area contributed by atoms with Gasteiger partial charge in [-0.25, -0.2) is 9.37 Å². The molecule has 1 aromatic heterocycles. The molecule has 0 aliphatic heterocycles. The summed E-state index contributed by atoms with van der Waals surface area (Å²) in [5.41, 5.74) is 9.38. The first kappa shape index (κ1) is 13.6. The zero-order valence-corrected chi connectivity index (χ0v) is 12.2. The van der Waals surface area contributed by atoms with Crippen LogP contribution in [0, 0.1) is 12.7 Å². The second-order valence-electron chi connectivity index (χ2n) is 5.47. The molecular weight excluding hydrogens is 265 g/mol. The van der Waals surface area contributed by atoms with Gasteiger partial charge in [-0.1, -0.05) is 30.3 Å². The van der Waals surface area contributed by atoms with Gasteiger partial charge in [-0.2, -0.15) is 0 Å². The first-order valence-corrected chi connectivity index (χ1v) is 7.03. The summed E-state index contributed by atoms with van der Waals surface area (Å²) in [5, 5.41) is 0. The third-order valence-electron chi connectivity index (χ3n) is 3.81. The van der Waals surface area contributed by atoms with Crippen molar-refractivity contribution in [2.24, 2.45) is 0 Å². The molecule has 108 valence electrons. The monoisotopic (exact) mass is 283 g/mol. The first-order valence-electron chi connectivity index (χ1n) is 7.03. The van der Waals surface area contributed by atoms with Crippen molar-refractivity contribution in [1.82, 2.24) is 9.55 Å². The van der Waals surface area contributed by atoms with Crippen molar-refractivity contribution >= 4 is 17.0 Å². The SMILES string of the molecule is Cc1cc2c(cc1F)nc(N)n2C(C)Cc1ccccc1. The highest BCUT2D eigenvalue weighted by atomic mass is 19.1.